The molecule has 7 heteroatoms. The van der Waals surface area contributed by atoms with Crippen LogP contribution in [0, 0.1) is 6.92 Å². The summed E-state index contributed by atoms with van der Waals surface area (Å²) >= 11 is 0. The van der Waals surface area contributed by atoms with E-state index in [2.05, 4.69) is 56.2 Å². The second kappa shape index (κ2) is 11.4. The van der Waals surface area contributed by atoms with Gasteiger partial charge in [0.05, 0.1) is 6.26 Å². The number of rotatable bonds is 9. The zero-order chi connectivity index (χ0) is 21.2. The minimum Gasteiger partial charge on any atom is -0.459 e. The van der Waals surface area contributed by atoms with Crippen LogP contribution in [0.4, 0.5) is 0 Å². The van der Waals surface area contributed by atoms with Crippen LogP contribution in [0.1, 0.15) is 40.9 Å². The highest BCUT2D eigenvalue weighted by molar-refractivity contribution is 5.92. The Kier molecular flexibility index (Phi) is 8.32. The third kappa shape index (κ3) is 6.35. The maximum absolute atomic E-state index is 12.0. The molecule has 1 aromatic carbocycles. The quantitative estimate of drug-likeness (QED) is 0.336. The number of carbonyl (C=O) groups excluding carboxylic acids is 1. The minimum absolute atomic E-state index is 0.167. The first-order valence-electron chi connectivity index (χ1n) is 10.7. The average molecular weight is 412 g/mol. The summed E-state index contributed by atoms with van der Waals surface area (Å²) in [7, 11) is 1.78. The van der Waals surface area contributed by atoms with E-state index < -0.39 is 0 Å². The van der Waals surface area contributed by atoms with Gasteiger partial charge >= 0.3 is 0 Å². The summed E-state index contributed by atoms with van der Waals surface area (Å²) in [6.45, 7) is 6.18. The number of likely N-dealkylation sites (tertiary alicyclic amines) is 1. The zero-order valence-electron chi connectivity index (χ0n) is 18.0. The number of aliphatic imine (C=N–C) groups is 1. The van der Waals surface area contributed by atoms with Crippen molar-refractivity contribution in [3.05, 3.63) is 59.5 Å². The molecule has 1 saturated heterocycles. The van der Waals surface area contributed by atoms with Crippen molar-refractivity contribution in [2.75, 3.05) is 33.2 Å². The summed E-state index contributed by atoms with van der Waals surface area (Å²) in [4.78, 5) is 18.9. The second-order valence-electron chi connectivity index (χ2n) is 7.67. The molecule has 3 rings (SSSR count). The number of hydrogen-bond acceptors (Lipinski definition) is 4. The first-order valence-corrected chi connectivity index (χ1v) is 10.7. The summed E-state index contributed by atoms with van der Waals surface area (Å²) in [5, 5.41) is 9.66. The molecule has 0 bridgehead atoms. The molecule has 1 aliphatic rings. The maximum Gasteiger partial charge on any atom is 0.287 e. The Hall–Kier alpha value is -2.80. The molecule has 0 radical (unpaired) electrons. The molecular weight excluding hydrogens is 378 g/mol. The molecule has 1 fully saturated rings. The summed E-state index contributed by atoms with van der Waals surface area (Å²) < 4.78 is 5.20. The number of guanidine groups is 1. The van der Waals surface area contributed by atoms with Gasteiger partial charge in [-0.3, -0.25) is 14.7 Å². The number of hydrogen-bond donors (Lipinski definition) is 3. The van der Waals surface area contributed by atoms with E-state index in [1.54, 1.807) is 13.1 Å². The van der Waals surface area contributed by atoms with E-state index in [1.165, 1.54) is 24.7 Å². The predicted molar refractivity (Wildman–Crippen MR) is 120 cm³/mol. The maximum atomic E-state index is 12.0. The van der Waals surface area contributed by atoms with Crippen LogP contribution in [0.3, 0.4) is 0 Å². The van der Waals surface area contributed by atoms with Crippen molar-refractivity contribution in [3.8, 4) is 0 Å². The summed E-state index contributed by atoms with van der Waals surface area (Å²) in [5.74, 6) is 1.02. The van der Waals surface area contributed by atoms with Gasteiger partial charge < -0.3 is 20.4 Å². The molecule has 7 nitrogen and oxygen atoms in total. The lowest BCUT2D eigenvalue weighted by Crippen LogP contribution is -2.45. The zero-order valence-corrected chi connectivity index (χ0v) is 18.0. The van der Waals surface area contributed by atoms with Gasteiger partial charge in [0.2, 0.25) is 0 Å². The van der Waals surface area contributed by atoms with Crippen LogP contribution in [0.15, 0.2) is 52.1 Å². The van der Waals surface area contributed by atoms with E-state index >= 15 is 0 Å². The van der Waals surface area contributed by atoms with E-state index in [-0.39, 0.29) is 5.91 Å². The summed E-state index contributed by atoms with van der Waals surface area (Å²) in [6, 6.07) is 12.9. The number of nitrogens with zero attached hydrogens (tertiary/aromatic N) is 2. The lowest BCUT2D eigenvalue weighted by molar-refractivity contribution is 0.0925. The van der Waals surface area contributed by atoms with Gasteiger partial charge in [0, 0.05) is 44.8 Å². The molecule has 30 heavy (non-hydrogen) atoms. The minimum atomic E-state index is -0.167. The SMILES string of the molecule is CN=C(NCCCNC(=O)c1occc1C)NCC1CCCN1Cc1ccccc1. The van der Waals surface area contributed by atoms with Crippen LogP contribution in [-0.2, 0) is 6.54 Å². The summed E-state index contributed by atoms with van der Waals surface area (Å²) in [6.07, 6.45) is 4.78. The number of furan rings is 1. The van der Waals surface area contributed by atoms with Crippen LogP contribution < -0.4 is 16.0 Å². The number of nitrogens with one attached hydrogen (secondary N) is 3. The molecule has 2 heterocycles. The fourth-order valence-electron chi connectivity index (χ4n) is 3.77. The van der Waals surface area contributed by atoms with Gasteiger partial charge in [0.1, 0.15) is 0 Å². The second-order valence-corrected chi connectivity index (χ2v) is 7.67. The Morgan fingerprint density at radius 2 is 1.97 bits per heavy atom. The van der Waals surface area contributed by atoms with Gasteiger partial charge in [-0.05, 0) is 44.4 Å². The van der Waals surface area contributed by atoms with Crippen LogP contribution in [0.25, 0.3) is 0 Å². The van der Waals surface area contributed by atoms with E-state index in [0.717, 1.165) is 44.1 Å². The molecule has 1 amide bonds. The number of amides is 1. The Morgan fingerprint density at radius 3 is 2.70 bits per heavy atom. The Morgan fingerprint density at radius 1 is 1.17 bits per heavy atom. The smallest absolute Gasteiger partial charge is 0.287 e. The van der Waals surface area contributed by atoms with E-state index in [9.17, 15) is 4.79 Å². The normalized spacial score (nSPS) is 17.1. The highest BCUT2D eigenvalue weighted by Crippen LogP contribution is 2.19. The van der Waals surface area contributed by atoms with Crippen molar-refractivity contribution in [1.29, 1.82) is 0 Å². The van der Waals surface area contributed by atoms with Gasteiger partial charge in [-0.25, -0.2) is 0 Å². The molecular formula is C23H33N5O2. The van der Waals surface area contributed by atoms with Crippen molar-refractivity contribution >= 4 is 11.9 Å². The third-order valence-electron chi connectivity index (χ3n) is 5.46. The van der Waals surface area contributed by atoms with Crippen molar-refractivity contribution in [1.82, 2.24) is 20.9 Å². The Labute approximate surface area is 178 Å². The predicted octanol–water partition coefficient (Wildman–Crippen LogP) is 2.54. The fraction of sp³-hybridized carbons (Fsp3) is 0.478. The highest BCUT2D eigenvalue weighted by atomic mass is 16.3. The molecule has 1 aliphatic heterocycles. The lowest BCUT2D eigenvalue weighted by Gasteiger charge is -2.25. The van der Waals surface area contributed by atoms with Gasteiger partial charge in [0.25, 0.3) is 5.91 Å². The third-order valence-corrected chi connectivity index (χ3v) is 5.46. The number of benzene rings is 1. The van der Waals surface area contributed by atoms with E-state index in [4.69, 9.17) is 4.42 Å². The first-order chi connectivity index (χ1) is 14.7. The number of aryl methyl sites for hydroxylation is 1. The highest BCUT2D eigenvalue weighted by Gasteiger charge is 2.24. The van der Waals surface area contributed by atoms with Crippen molar-refractivity contribution in [3.63, 3.8) is 0 Å². The Balaban J connectivity index is 1.33. The molecule has 1 aromatic heterocycles. The van der Waals surface area contributed by atoms with Crippen LogP contribution in [0.2, 0.25) is 0 Å². The molecule has 0 spiro atoms. The van der Waals surface area contributed by atoms with Crippen molar-refractivity contribution in [2.45, 2.75) is 38.8 Å². The average Bonchev–Trinajstić information content (AvgIpc) is 3.39. The summed E-state index contributed by atoms with van der Waals surface area (Å²) in [5.41, 5.74) is 2.21. The topological polar surface area (TPSA) is 81.9 Å². The fourth-order valence-corrected chi connectivity index (χ4v) is 3.77. The largest absolute Gasteiger partial charge is 0.459 e. The van der Waals surface area contributed by atoms with Crippen molar-refractivity contribution in [2.24, 2.45) is 4.99 Å². The first kappa shape index (κ1) is 21.9. The van der Waals surface area contributed by atoms with Gasteiger partial charge in [-0.15, -0.1) is 0 Å². The van der Waals surface area contributed by atoms with Gasteiger partial charge in [-0.1, -0.05) is 30.3 Å². The van der Waals surface area contributed by atoms with E-state index in [1.807, 2.05) is 6.92 Å². The number of carbonyl (C=O) groups is 1. The lowest BCUT2D eigenvalue weighted by atomic mass is 10.2. The van der Waals surface area contributed by atoms with Crippen LogP contribution >= 0.6 is 0 Å². The Bertz CT molecular complexity index is 818. The van der Waals surface area contributed by atoms with Gasteiger partial charge in [-0.2, -0.15) is 0 Å². The van der Waals surface area contributed by atoms with Crippen LogP contribution in [0.5, 0.6) is 0 Å². The molecule has 162 valence electrons. The molecule has 1 atom stereocenters. The van der Waals surface area contributed by atoms with Crippen molar-refractivity contribution < 1.29 is 9.21 Å². The molecule has 3 N–H and O–H groups in total. The molecule has 0 aliphatic carbocycles. The monoisotopic (exact) mass is 411 g/mol. The van der Waals surface area contributed by atoms with Crippen LogP contribution in [-0.4, -0.2) is 56.0 Å². The molecule has 0 saturated carbocycles. The standard InChI is InChI=1S/C23H33N5O2/c1-18-11-15-30-21(18)22(29)25-12-7-13-26-23(24-2)27-16-20-10-6-14-28(20)17-19-8-4-3-5-9-19/h3-5,8-9,11,15,20H,6-7,10,12-14,16-17H2,1-2H3,(H,25,29)(H2,24,26,27). The molecule has 1 unspecified atom stereocenters. The molecule has 2 aromatic rings. The van der Waals surface area contributed by atoms with E-state index in [0.29, 0.717) is 18.3 Å². The van der Waals surface area contributed by atoms with Gasteiger partial charge in [0.15, 0.2) is 11.7 Å².